The van der Waals surface area contributed by atoms with Gasteiger partial charge < -0.3 is 14.7 Å². The topological polar surface area (TPSA) is 69.4 Å². The van der Waals surface area contributed by atoms with E-state index in [-0.39, 0.29) is 23.9 Å². The predicted molar refractivity (Wildman–Crippen MR) is 97.3 cm³/mol. The van der Waals surface area contributed by atoms with Gasteiger partial charge in [0.2, 0.25) is 0 Å². The number of aliphatic hydroxyl groups is 1. The molecule has 0 atom stereocenters. The van der Waals surface area contributed by atoms with E-state index in [1.54, 1.807) is 18.2 Å². The summed E-state index contributed by atoms with van der Waals surface area (Å²) in [5, 5.41) is 19.4. The van der Waals surface area contributed by atoms with Gasteiger partial charge in [-0.2, -0.15) is 8.78 Å². The third kappa shape index (κ3) is 2.78. The average molecular weight is 373 g/mol. The summed E-state index contributed by atoms with van der Waals surface area (Å²) in [4.78, 5) is 5.90. The molecule has 0 bridgehead atoms. The molecule has 1 aliphatic rings. The van der Waals surface area contributed by atoms with E-state index in [1.807, 2.05) is 24.3 Å². The van der Waals surface area contributed by atoms with Gasteiger partial charge in [0, 0.05) is 0 Å². The summed E-state index contributed by atoms with van der Waals surface area (Å²) in [7, 11) is 0. The zero-order valence-electron chi connectivity index (χ0n) is 13.3. The molecule has 1 aromatic heterocycles. The van der Waals surface area contributed by atoms with Crippen LogP contribution in [0.4, 0.5) is 14.5 Å². The molecule has 0 aliphatic carbocycles. The Labute approximate surface area is 151 Å². The highest BCUT2D eigenvalue weighted by molar-refractivity contribution is 7.19. The highest BCUT2D eigenvalue weighted by Gasteiger charge is 2.33. The Morgan fingerprint density at radius 2 is 1.88 bits per heavy atom. The number of anilines is 1. The van der Waals surface area contributed by atoms with Crippen LogP contribution in [0.1, 0.15) is 5.01 Å². The van der Waals surface area contributed by atoms with Crippen molar-refractivity contribution in [1.29, 1.82) is 5.41 Å². The second kappa shape index (κ2) is 6.38. The Balaban J connectivity index is 1.71. The minimum absolute atomic E-state index is 0.00625. The standard InChI is InChI=1S/C18H13F2N3O2S/c19-18(20)25-13-7-3-2-6-11(13)23-9-12(24)15(16(23)21)17-22-10-5-1-4-8-14(10)26-17/h1-8,18,21,24H,9H2. The molecule has 3 aromatic rings. The molecule has 4 rings (SSSR count). The number of nitrogens with one attached hydrogen (secondary N) is 1. The van der Waals surface area contributed by atoms with Gasteiger partial charge in [-0.1, -0.05) is 24.3 Å². The molecule has 0 radical (unpaired) electrons. The molecule has 8 heteroatoms. The molecule has 1 aliphatic heterocycles. The maximum atomic E-state index is 12.7. The molecular formula is C18H13F2N3O2S. The van der Waals surface area contributed by atoms with Crippen molar-refractivity contribution >= 4 is 38.6 Å². The molecule has 0 fully saturated rings. The van der Waals surface area contributed by atoms with E-state index in [0.29, 0.717) is 16.3 Å². The van der Waals surface area contributed by atoms with E-state index in [0.717, 1.165) is 10.2 Å². The first kappa shape index (κ1) is 16.5. The van der Waals surface area contributed by atoms with Crippen molar-refractivity contribution in [1.82, 2.24) is 4.98 Å². The zero-order chi connectivity index (χ0) is 18.3. The fourth-order valence-electron chi connectivity index (χ4n) is 2.86. The number of para-hydroxylation sites is 3. The lowest BCUT2D eigenvalue weighted by atomic mass is 10.2. The summed E-state index contributed by atoms with van der Waals surface area (Å²) in [5.74, 6) is -0.0848. The lowest BCUT2D eigenvalue weighted by molar-refractivity contribution is -0.0494. The van der Waals surface area contributed by atoms with Gasteiger partial charge >= 0.3 is 6.61 Å². The number of benzene rings is 2. The van der Waals surface area contributed by atoms with E-state index in [4.69, 9.17) is 5.41 Å². The normalized spacial score (nSPS) is 14.7. The minimum Gasteiger partial charge on any atom is -0.510 e. The number of halogens is 2. The summed E-state index contributed by atoms with van der Waals surface area (Å²) in [6, 6.07) is 13.7. The Hall–Kier alpha value is -3.00. The zero-order valence-corrected chi connectivity index (χ0v) is 14.1. The number of amidine groups is 1. The molecule has 0 saturated carbocycles. The SMILES string of the molecule is N=C1C(c2nc3ccccc3s2)=C(O)CN1c1ccccc1OC(F)F. The highest BCUT2D eigenvalue weighted by Crippen LogP contribution is 2.38. The van der Waals surface area contributed by atoms with Gasteiger partial charge in [0.1, 0.15) is 22.4 Å². The van der Waals surface area contributed by atoms with Crippen LogP contribution in [0.2, 0.25) is 0 Å². The fourth-order valence-corrected chi connectivity index (χ4v) is 3.90. The van der Waals surface area contributed by atoms with Gasteiger partial charge in [0.25, 0.3) is 0 Å². The number of fused-ring (bicyclic) bond motifs is 1. The van der Waals surface area contributed by atoms with Crippen molar-refractivity contribution in [2.75, 3.05) is 11.4 Å². The van der Waals surface area contributed by atoms with Gasteiger partial charge in [-0.3, -0.25) is 5.41 Å². The van der Waals surface area contributed by atoms with Crippen molar-refractivity contribution < 1.29 is 18.6 Å². The van der Waals surface area contributed by atoms with Crippen molar-refractivity contribution in [3.05, 3.63) is 59.3 Å². The van der Waals surface area contributed by atoms with Crippen LogP contribution in [-0.2, 0) is 0 Å². The maximum absolute atomic E-state index is 12.7. The van der Waals surface area contributed by atoms with Crippen molar-refractivity contribution in [3.8, 4) is 5.75 Å². The van der Waals surface area contributed by atoms with Crippen LogP contribution in [0, 0.1) is 5.41 Å². The summed E-state index contributed by atoms with van der Waals surface area (Å²) < 4.78 is 30.8. The maximum Gasteiger partial charge on any atom is 0.387 e. The number of nitrogens with zero attached hydrogens (tertiary/aromatic N) is 2. The summed E-state index contributed by atoms with van der Waals surface area (Å²) in [6.45, 7) is -2.98. The van der Waals surface area contributed by atoms with Crippen molar-refractivity contribution in [2.24, 2.45) is 0 Å². The first-order valence-corrected chi connectivity index (χ1v) is 8.54. The van der Waals surface area contributed by atoms with Gasteiger partial charge in [0.05, 0.1) is 28.0 Å². The Kier molecular flexibility index (Phi) is 4.04. The molecule has 0 saturated heterocycles. The van der Waals surface area contributed by atoms with Crippen LogP contribution < -0.4 is 9.64 Å². The van der Waals surface area contributed by atoms with Gasteiger partial charge in [-0.25, -0.2) is 4.98 Å². The van der Waals surface area contributed by atoms with Crippen LogP contribution in [0.3, 0.4) is 0 Å². The molecule has 0 amide bonds. The third-order valence-corrected chi connectivity index (χ3v) is 5.04. The number of alkyl halides is 2. The Morgan fingerprint density at radius 1 is 1.15 bits per heavy atom. The predicted octanol–water partition coefficient (Wildman–Crippen LogP) is 4.66. The number of ether oxygens (including phenoxy) is 1. The minimum atomic E-state index is -2.97. The number of aromatic nitrogens is 1. The van der Waals surface area contributed by atoms with E-state index < -0.39 is 6.61 Å². The fraction of sp³-hybridized carbons (Fsp3) is 0.111. The molecular weight excluding hydrogens is 360 g/mol. The molecule has 0 spiro atoms. The van der Waals surface area contributed by atoms with Crippen LogP contribution in [-0.4, -0.2) is 29.1 Å². The molecule has 0 unspecified atom stereocenters. The Morgan fingerprint density at radius 3 is 2.65 bits per heavy atom. The molecule has 2 aromatic carbocycles. The van der Waals surface area contributed by atoms with E-state index in [1.165, 1.54) is 22.3 Å². The molecule has 5 nitrogen and oxygen atoms in total. The molecule has 2 N–H and O–H groups in total. The summed E-state index contributed by atoms with van der Waals surface area (Å²) >= 11 is 1.37. The van der Waals surface area contributed by atoms with E-state index in [2.05, 4.69) is 9.72 Å². The first-order chi connectivity index (χ1) is 12.5. The number of hydrogen-bond acceptors (Lipinski definition) is 5. The van der Waals surface area contributed by atoms with Crippen LogP contribution in [0.25, 0.3) is 15.8 Å². The lowest BCUT2D eigenvalue weighted by Crippen LogP contribution is -2.26. The van der Waals surface area contributed by atoms with Crippen molar-refractivity contribution in [2.45, 2.75) is 6.61 Å². The Bertz CT molecular complexity index is 999. The number of thiazole rings is 1. The van der Waals surface area contributed by atoms with Gasteiger partial charge in [-0.05, 0) is 24.3 Å². The van der Waals surface area contributed by atoms with Gasteiger partial charge in [-0.15, -0.1) is 11.3 Å². The number of rotatable bonds is 4. The van der Waals surface area contributed by atoms with Gasteiger partial charge in [0.15, 0.2) is 0 Å². The average Bonchev–Trinajstić information content (AvgIpc) is 3.15. The van der Waals surface area contributed by atoms with Crippen LogP contribution in [0.15, 0.2) is 54.3 Å². The molecule has 132 valence electrons. The second-order valence-electron chi connectivity index (χ2n) is 5.59. The third-order valence-electron chi connectivity index (χ3n) is 3.98. The van der Waals surface area contributed by atoms with E-state index >= 15 is 0 Å². The second-order valence-corrected chi connectivity index (χ2v) is 6.62. The molecule has 2 heterocycles. The first-order valence-electron chi connectivity index (χ1n) is 7.73. The monoisotopic (exact) mass is 373 g/mol. The highest BCUT2D eigenvalue weighted by atomic mass is 32.1. The number of hydrogen-bond donors (Lipinski definition) is 2. The lowest BCUT2D eigenvalue weighted by Gasteiger charge is -2.21. The molecule has 26 heavy (non-hydrogen) atoms. The van der Waals surface area contributed by atoms with Crippen LogP contribution in [0.5, 0.6) is 5.75 Å². The summed E-state index contributed by atoms with van der Waals surface area (Å²) in [6.07, 6.45) is 0. The number of aliphatic hydroxyl groups excluding tert-OH is 1. The van der Waals surface area contributed by atoms with Crippen LogP contribution >= 0.6 is 11.3 Å². The smallest absolute Gasteiger partial charge is 0.387 e. The van der Waals surface area contributed by atoms with E-state index in [9.17, 15) is 13.9 Å². The largest absolute Gasteiger partial charge is 0.510 e. The summed E-state index contributed by atoms with van der Waals surface area (Å²) in [5.41, 5.74) is 1.37. The quantitative estimate of drug-likeness (QED) is 0.698. The van der Waals surface area contributed by atoms with Crippen molar-refractivity contribution in [3.63, 3.8) is 0 Å².